The van der Waals surface area contributed by atoms with Crippen molar-refractivity contribution in [1.29, 1.82) is 0 Å². The smallest absolute Gasteiger partial charge is 0.182 e. The Morgan fingerprint density at radius 2 is 1.75 bits per heavy atom. The summed E-state index contributed by atoms with van der Waals surface area (Å²) in [6, 6.07) is 15.8. The molecule has 1 aromatic carbocycles. The zero-order valence-electron chi connectivity index (χ0n) is 8.34. The van der Waals surface area contributed by atoms with Crippen LogP contribution in [0.1, 0.15) is 0 Å². The van der Waals surface area contributed by atoms with Crippen LogP contribution in [0.4, 0.5) is 0 Å². The van der Waals surface area contributed by atoms with Gasteiger partial charge in [-0.25, -0.2) is 9.50 Å². The molecular weight excluding hydrogens is 266 g/mol. The molecule has 16 heavy (non-hydrogen) atoms. The van der Waals surface area contributed by atoms with Gasteiger partial charge in [-0.3, -0.25) is 0 Å². The van der Waals surface area contributed by atoms with E-state index in [0.717, 1.165) is 21.6 Å². The minimum atomic E-state index is 0.743. The standard InChI is InChI=1S/C12H8BrN3/c13-10-7-4-8-11-14-12(15-16(10)11)9-5-2-1-3-6-9/h1-8H. The van der Waals surface area contributed by atoms with Gasteiger partial charge in [0.15, 0.2) is 11.5 Å². The molecule has 0 saturated heterocycles. The number of benzene rings is 1. The number of fused-ring (bicyclic) bond motifs is 1. The number of halogens is 1. The third-order valence-electron chi connectivity index (χ3n) is 2.35. The Bertz CT molecular complexity index is 631. The van der Waals surface area contributed by atoms with Crippen LogP contribution in [0.3, 0.4) is 0 Å². The summed E-state index contributed by atoms with van der Waals surface area (Å²) in [5, 5.41) is 4.44. The normalized spacial score (nSPS) is 10.8. The molecule has 0 unspecified atom stereocenters. The van der Waals surface area contributed by atoms with Crippen molar-refractivity contribution in [2.24, 2.45) is 0 Å². The summed E-state index contributed by atoms with van der Waals surface area (Å²) in [4.78, 5) is 4.47. The maximum Gasteiger partial charge on any atom is 0.182 e. The minimum Gasteiger partial charge on any atom is -0.207 e. The van der Waals surface area contributed by atoms with Gasteiger partial charge in [-0.1, -0.05) is 36.4 Å². The summed E-state index contributed by atoms with van der Waals surface area (Å²) >= 11 is 3.44. The zero-order chi connectivity index (χ0) is 11.0. The van der Waals surface area contributed by atoms with Crippen LogP contribution in [0.2, 0.25) is 0 Å². The fourth-order valence-electron chi connectivity index (χ4n) is 1.58. The van der Waals surface area contributed by atoms with E-state index >= 15 is 0 Å². The first-order valence-corrected chi connectivity index (χ1v) is 5.70. The lowest BCUT2D eigenvalue weighted by molar-refractivity contribution is 0.940. The molecule has 0 amide bonds. The molecule has 0 N–H and O–H groups in total. The zero-order valence-corrected chi connectivity index (χ0v) is 9.92. The van der Waals surface area contributed by atoms with Gasteiger partial charge in [-0.05, 0) is 28.1 Å². The number of aromatic nitrogens is 3. The van der Waals surface area contributed by atoms with Crippen molar-refractivity contribution >= 4 is 21.6 Å². The average Bonchev–Trinajstić information content (AvgIpc) is 2.76. The van der Waals surface area contributed by atoms with Gasteiger partial charge < -0.3 is 0 Å². The van der Waals surface area contributed by atoms with Crippen LogP contribution in [-0.4, -0.2) is 14.6 Å². The molecule has 0 bridgehead atoms. The minimum absolute atomic E-state index is 0.743. The molecule has 0 spiro atoms. The van der Waals surface area contributed by atoms with E-state index in [1.54, 1.807) is 4.52 Å². The number of hydrogen-bond acceptors (Lipinski definition) is 2. The fourth-order valence-corrected chi connectivity index (χ4v) is 2.00. The molecule has 4 heteroatoms. The summed E-state index contributed by atoms with van der Waals surface area (Å²) < 4.78 is 2.68. The monoisotopic (exact) mass is 273 g/mol. The highest BCUT2D eigenvalue weighted by Crippen LogP contribution is 2.18. The third kappa shape index (κ3) is 1.51. The van der Waals surface area contributed by atoms with Crippen LogP contribution in [-0.2, 0) is 0 Å². The van der Waals surface area contributed by atoms with E-state index in [0.29, 0.717) is 0 Å². The second kappa shape index (κ2) is 3.72. The third-order valence-corrected chi connectivity index (χ3v) is 2.95. The lowest BCUT2D eigenvalue weighted by atomic mass is 10.2. The number of nitrogens with zero attached hydrogens (tertiary/aromatic N) is 3. The molecule has 2 aromatic heterocycles. The molecular formula is C12H8BrN3. The van der Waals surface area contributed by atoms with Crippen molar-refractivity contribution in [3.05, 3.63) is 53.1 Å². The molecule has 0 fully saturated rings. The van der Waals surface area contributed by atoms with E-state index in [-0.39, 0.29) is 0 Å². The first kappa shape index (κ1) is 9.54. The highest BCUT2D eigenvalue weighted by atomic mass is 79.9. The van der Waals surface area contributed by atoms with E-state index in [9.17, 15) is 0 Å². The van der Waals surface area contributed by atoms with Gasteiger partial charge in [0.2, 0.25) is 0 Å². The summed E-state index contributed by atoms with van der Waals surface area (Å²) in [6.07, 6.45) is 0. The van der Waals surface area contributed by atoms with Crippen LogP contribution in [0.15, 0.2) is 53.1 Å². The topological polar surface area (TPSA) is 30.2 Å². The second-order valence-electron chi connectivity index (χ2n) is 3.42. The number of rotatable bonds is 1. The van der Waals surface area contributed by atoms with Crippen molar-refractivity contribution in [3.8, 4) is 11.4 Å². The molecule has 0 saturated carbocycles. The molecule has 0 atom stereocenters. The van der Waals surface area contributed by atoms with E-state index in [4.69, 9.17) is 0 Å². The maximum atomic E-state index is 4.47. The quantitative estimate of drug-likeness (QED) is 0.638. The van der Waals surface area contributed by atoms with Gasteiger partial charge in [0.05, 0.1) is 0 Å². The predicted octanol–water partition coefficient (Wildman–Crippen LogP) is 3.16. The second-order valence-corrected chi connectivity index (χ2v) is 4.23. The lowest BCUT2D eigenvalue weighted by Gasteiger charge is -1.93. The summed E-state index contributed by atoms with van der Waals surface area (Å²) in [6.45, 7) is 0. The largest absolute Gasteiger partial charge is 0.207 e. The average molecular weight is 274 g/mol. The van der Waals surface area contributed by atoms with E-state index in [1.807, 2.05) is 48.5 Å². The first-order chi connectivity index (χ1) is 7.84. The van der Waals surface area contributed by atoms with Gasteiger partial charge in [-0.2, -0.15) is 0 Å². The summed E-state index contributed by atoms with van der Waals surface area (Å²) in [5.41, 5.74) is 1.87. The Morgan fingerprint density at radius 3 is 2.50 bits per heavy atom. The molecule has 0 radical (unpaired) electrons. The highest BCUT2D eigenvalue weighted by Gasteiger charge is 2.06. The molecule has 3 aromatic rings. The van der Waals surface area contributed by atoms with E-state index in [2.05, 4.69) is 26.0 Å². The molecule has 78 valence electrons. The van der Waals surface area contributed by atoms with Crippen LogP contribution in [0, 0.1) is 0 Å². The highest BCUT2D eigenvalue weighted by molar-refractivity contribution is 9.10. The Labute approximate surface area is 101 Å². The van der Waals surface area contributed by atoms with Crippen LogP contribution in [0.5, 0.6) is 0 Å². The Hall–Kier alpha value is -1.68. The Kier molecular flexibility index (Phi) is 2.22. The van der Waals surface area contributed by atoms with Crippen LogP contribution in [0.25, 0.3) is 17.0 Å². The molecule has 0 aliphatic heterocycles. The predicted molar refractivity (Wildman–Crippen MR) is 66.1 cm³/mol. The van der Waals surface area contributed by atoms with Gasteiger partial charge >= 0.3 is 0 Å². The molecule has 2 heterocycles. The van der Waals surface area contributed by atoms with Gasteiger partial charge in [0.1, 0.15) is 4.60 Å². The van der Waals surface area contributed by atoms with Crippen molar-refractivity contribution < 1.29 is 0 Å². The Morgan fingerprint density at radius 1 is 0.938 bits per heavy atom. The van der Waals surface area contributed by atoms with Gasteiger partial charge in [0, 0.05) is 5.56 Å². The van der Waals surface area contributed by atoms with Gasteiger partial charge in [-0.15, -0.1) is 5.10 Å². The van der Waals surface area contributed by atoms with Crippen molar-refractivity contribution in [3.63, 3.8) is 0 Å². The van der Waals surface area contributed by atoms with E-state index in [1.165, 1.54) is 0 Å². The first-order valence-electron chi connectivity index (χ1n) is 4.91. The maximum absolute atomic E-state index is 4.47. The number of pyridine rings is 1. The van der Waals surface area contributed by atoms with Crippen molar-refractivity contribution in [2.75, 3.05) is 0 Å². The van der Waals surface area contributed by atoms with Gasteiger partial charge in [0.25, 0.3) is 0 Å². The molecule has 3 rings (SSSR count). The van der Waals surface area contributed by atoms with Crippen LogP contribution >= 0.6 is 15.9 Å². The molecule has 0 aliphatic rings. The summed E-state index contributed by atoms with van der Waals surface area (Å²) in [5.74, 6) is 0.743. The number of hydrogen-bond donors (Lipinski definition) is 0. The van der Waals surface area contributed by atoms with Crippen molar-refractivity contribution in [1.82, 2.24) is 14.6 Å². The molecule has 3 nitrogen and oxygen atoms in total. The SMILES string of the molecule is Brc1cccc2nc(-c3ccccc3)nn12. The fraction of sp³-hybridized carbons (Fsp3) is 0. The summed E-state index contributed by atoms with van der Waals surface area (Å²) in [7, 11) is 0. The Balaban J connectivity index is 2.23. The van der Waals surface area contributed by atoms with E-state index < -0.39 is 0 Å². The van der Waals surface area contributed by atoms with Crippen LogP contribution < -0.4 is 0 Å². The lowest BCUT2D eigenvalue weighted by Crippen LogP contribution is -1.88. The van der Waals surface area contributed by atoms with Crippen molar-refractivity contribution in [2.45, 2.75) is 0 Å². The molecule has 0 aliphatic carbocycles.